The lowest BCUT2D eigenvalue weighted by Gasteiger charge is -2.05. The van der Waals surface area contributed by atoms with E-state index in [2.05, 4.69) is 5.32 Å². The standard InChI is InChI=1S/C15H13NO5S/c17-14(18)9-3-1-8(2-4-9)10-5-6-11(21-10)13-16-7-12(22-13)15(19)20/h1-6,12-13,16H,7H2,(H,17,18)(H,19,20)/t12-,13+/m1/s1. The van der Waals surface area contributed by atoms with Gasteiger partial charge in [0.25, 0.3) is 0 Å². The number of rotatable bonds is 4. The number of aliphatic carboxylic acids is 1. The Morgan fingerprint density at radius 2 is 1.86 bits per heavy atom. The first-order valence-electron chi connectivity index (χ1n) is 6.59. The summed E-state index contributed by atoms with van der Waals surface area (Å²) in [5.74, 6) is -0.534. The molecule has 22 heavy (non-hydrogen) atoms. The predicted molar refractivity (Wildman–Crippen MR) is 80.9 cm³/mol. The second kappa shape index (κ2) is 5.86. The maximum absolute atomic E-state index is 11.0. The lowest BCUT2D eigenvalue weighted by molar-refractivity contribution is -0.136. The summed E-state index contributed by atoms with van der Waals surface area (Å²) in [5.41, 5.74) is 0.988. The van der Waals surface area contributed by atoms with Gasteiger partial charge in [-0.25, -0.2) is 4.79 Å². The average molecular weight is 319 g/mol. The van der Waals surface area contributed by atoms with Crippen LogP contribution in [0.15, 0.2) is 40.8 Å². The van der Waals surface area contributed by atoms with E-state index in [0.29, 0.717) is 18.1 Å². The van der Waals surface area contributed by atoms with E-state index in [1.165, 1.54) is 23.9 Å². The van der Waals surface area contributed by atoms with E-state index in [4.69, 9.17) is 14.6 Å². The van der Waals surface area contributed by atoms with Gasteiger partial charge in [-0.05, 0) is 24.3 Å². The summed E-state index contributed by atoms with van der Waals surface area (Å²) in [6, 6.07) is 9.99. The number of hydrogen-bond donors (Lipinski definition) is 3. The quantitative estimate of drug-likeness (QED) is 0.795. The minimum Gasteiger partial charge on any atom is -0.480 e. The number of aromatic carboxylic acids is 1. The summed E-state index contributed by atoms with van der Waals surface area (Å²) < 4.78 is 5.76. The molecule has 0 radical (unpaired) electrons. The van der Waals surface area contributed by atoms with Gasteiger partial charge < -0.3 is 14.6 Å². The number of carboxylic acids is 2. The lowest BCUT2D eigenvalue weighted by Crippen LogP contribution is -2.21. The van der Waals surface area contributed by atoms with E-state index < -0.39 is 17.2 Å². The van der Waals surface area contributed by atoms with Crippen molar-refractivity contribution >= 4 is 23.7 Å². The van der Waals surface area contributed by atoms with E-state index in [0.717, 1.165) is 5.56 Å². The van der Waals surface area contributed by atoms with Crippen LogP contribution in [0.25, 0.3) is 11.3 Å². The molecule has 1 fully saturated rings. The normalized spacial score (nSPS) is 20.9. The van der Waals surface area contributed by atoms with E-state index in [9.17, 15) is 9.59 Å². The van der Waals surface area contributed by atoms with E-state index in [-0.39, 0.29) is 10.9 Å². The van der Waals surface area contributed by atoms with Gasteiger partial charge in [-0.2, -0.15) is 0 Å². The monoisotopic (exact) mass is 319 g/mol. The summed E-state index contributed by atoms with van der Waals surface area (Å²) >= 11 is 1.30. The molecular weight excluding hydrogens is 306 g/mol. The van der Waals surface area contributed by atoms with Gasteiger partial charge in [0.2, 0.25) is 0 Å². The zero-order chi connectivity index (χ0) is 15.7. The van der Waals surface area contributed by atoms with Crippen LogP contribution in [0.3, 0.4) is 0 Å². The summed E-state index contributed by atoms with van der Waals surface area (Å²) in [7, 11) is 0. The molecule has 6 nitrogen and oxygen atoms in total. The van der Waals surface area contributed by atoms with Crippen molar-refractivity contribution < 1.29 is 24.2 Å². The van der Waals surface area contributed by atoms with Gasteiger partial charge >= 0.3 is 11.9 Å². The van der Waals surface area contributed by atoms with Gasteiger partial charge in [-0.1, -0.05) is 12.1 Å². The summed E-state index contributed by atoms with van der Waals surface area (Å²) in [6.07, 6.45) is 0. The van der Waals surface area contributed by atoms with Crippen LogP contribution < -0.4 is 5.32 Å². The van der Waals surface area contributed by atoms with Crippen LogP contribution in [0.1, 0.15) is 21.5 Å². The zero-order valence-corrected chi connectivity index (χ0v) is 12.2. The van der Waals surface area contributed by atoms with Crippen LogP contribution >= 0.6 is 11.8 Å². The largest absolute Gasteiger partial charge is 0.480 e. The number of carboxylic acid groups (broad SMARTS) is 2. The molecule has 2 heterocycles. The van der Waals surface area contributed by atoms with Gasteiger partial charge in [-0.15, -0.1) is 11.8 Å². The maximum atomic E-state index is 11.0. The molecule has 0 unspecified atom stereocenters. The molecule has 1 aliphatic heterocycles. The Hall–Kier alpha value is -2.25. The van der Waals surface area contributed by atoms with Crippen molar-refractivity contribution in [3.05, 3.63) is 47.7 Å². The third kappa shape index (κ3) is 2.86. The van der Waals surface area contributed by atoms with Crippen LogP contribution in [0.4, 0.5) is 0 Å². The number of benzene rings is 1. The van der Waals surface area contributed by atoms with Crippen LogP contribution in [-0.2, 0) is 4.79 Å². The molecule has 3 rings (SSSR count). The molecule has 2 aromatic rings. The van der Waals surface area contributed by atoms with Gasteiger partial charge in [0.1, 0.15) is 22.1 Å². The van der Waals surface area contributed by atoms with Crippen LogP contribution in [0, 0.1) is 0 Å². The molecule has 3 N–H and O–H groups in total. The topological polar surface area (TPSA) is 99.8 Å². The first-order chi connectivity index (χ1) is 10.5. The SMILES string of the molecule is O=C(O)c1ccc(-c2ccc([C@H]3NC[C@H](C(=O)O)S3)o2)cc1. The van der Waals surface area contributed by atoms with Crippen molar-refractivity contribution in [3.63, 3.8) is 0 Å². The molecular formula is C15H13NO5S. The predicted octanol–water partition coefficient (Wildman–Crippen LogP) is 2.43. The average Bonchev–Trinajstić information content (AvgIpc) is 3.16. The molecule has 1 saturated heterocycles. The molecule has 1 aliphatic rings. The molecule has 1 aromatic carbocycles. The molecule has 0 aliphatic carbocycles. The van der Waals surface area contributed by atoms with Crippen molar-refractivity contribution in [2.75, 3.05) is 6.54 Å². The van der Waals surface area contributed by atoms with Crippen molar-refractivity contribution in [3.8, 4) is 11.3 Å². The molecule has 1 aromatic heterocycles. The molecule has 0 amide bonds. The van der Waals surface area contributed by atoms with E-state index in [1.807, 2.05) is 0 Å². The minimum absolute atomic E-state index is 0.187. The number of nitrogens with one attached hydrogen (secondary N) is 1. The number of furan rings is 1. The highest BCUT2D eigenvalue weighted by molar-refractivity contribution is 8.01. The van der Waals surface area contributed by atoms with Crippen molar-refractivity contribution in [1.29, 1.82) is 0 Å². The first kappa shape index (κ1) is 14.7. The van der Waals surface area contributed by atoms with Crippen LogP contribution in [-0.4, -0.2) is 33.9 Å². The van der Waals surface area contributed by atoms with Crippen LogP contribution in [0.5, 0.6) is 0 Å². The summed E-state index contributed by atoms with van der Waals surface area (Å²) in [6.45, 7) is 0.397. The fraction of sp³-hybridized carbons (Fsp3) is 0.200. The van der Waals surface area contributed by atoms with Crippen molar-refractivity contribution in [2.45, 2.75) is 10.6 Å². The van der Waals surface area contributed by atoms with Gasteiger partial charge in [-0.3, -0.25) is 10.1 Å². The second-order valence-corrected chi connectivity index (χ2v) is 6.15. The first-order valence-corrected chi connectivity index (χ1v) is 7.54. The Kier molecular flexibility index (Phi) is 3.91. The Labute approximate surface area is 130 Å². The maximum Gasteiger partial charge on any atom is 0.335 e. The van der Waals surface area contributed by atoms with E-state index in [1.54, 1.807) is 24.3 Å². The molecule has 2 atom stereocenters. The molecule has 114 valence electrons. The second-order valence-electron chi connectivity index (χ2n) is 4.84. The van der Waals surface area contributed by atoms with Gasteiger partial charge in [0, 0.05) is 12.1 Å². The number of carbonyl (C=O) groups is 2. The van der Waals surface area contributed by atoms with Crippen LogP contribution in [0.2, 0.25) is 0 Å². The Morgan fingerprint density at radius 1 is 1.14 bits per heavy atom. The third-order valence-electron chi connectivity index (χ3n) is 3.37. The summed E-state index contributed by atoms with van der Waals surface area (Å²) in [5, 5.41) is 20.3. The fourth-order valence-corrected chi connectivity index (χ4v) is 3.30. The number of thioether (sulfide) groups is 1. The van der Waals surface area contributed by atoms with E-state index >= 15 is 0 Å². The highest BCUT2D eigenvalue weighted by atomic mass is 32.2. The highest BCUT2D eigenvalue weighted by Crippen LogP contribution is 2.37. The molecule has 0 saturated carbocycles. The fourth-order valence-electron chi connectivity index (χ4n) is 2.21. The van der Waals surface area contributed by atoms with Gasteiger partial charge in [0.15, 0.2) is 0 Å². The number of hydrogen-bond acceptors (Lipinski definition) is 5. The van der Waals surface area contributed by atoms with Gasteiger partial charge in [0.05, 0.1) is 5.56 Å². The Morgan fingerprint density at radius 3 is 2.45 bits per heavy atom. The van der Waals surface area contributed by atoms with Crippen molar-refractivity contribution in [1.82, 2.24) is 5.32 Å². The molecule has 7 heteroatoms. The lowest BCUT2D eigenvalue weighted by atomic mass is 10.1. The minimum atomic E-state index is -0.974. The molecule has 0 bridgehead atoms. The Balaban J connectivity index is 1.76. The molecule has 0 spiro atoms. The smallest absolute Gasteiger partial charge is 0.335 e. The Bertz CT molecular complexity index is 709. The third-order valence-corrected chi connectivity index (χ3v) is 4.73. The zero-order valence-electron chi connectivity index (χ0n) is 11.4. The highest BCUT2D eigenvalue weighted by Gasteiger charge is 2.32. The summed E-state index contributed by atoms with van der Waals surface area (Å²) in [4.78, 5) is 21.8. The van der Waals surface area contributed by atoms with Crippen molar-refractivity contribution in [2.24, 2.45) is 0 Å².